The highest BCUT2D eigenvalue weighted by molar-refractivity contribution is 9.10. The van der Waals surface area contributed by atoms with Crippen molar-refractivity contribution in [3.63, 3.8) is 0 Å². The molecule has 1 unspecified atom stereocenters. The van der Waals surface area contributed by atoms with E-state index in [0.29, 0.717) is 10.9 Å². The Morgan fingerprint density at radius 3 is 2.33 bits per heavy atom. The second-order valence-electron chi connectivity index (χ2n) is 4.40. The lowest BCUT2D eigenvalue weighted by Gasteiger charge is -2.12. The van der Waals surface area contributed by atoms with Crippen LogP contribution in [0.2, 0.25) is 0 Å². The molecule has 0 saturated heterocycles. The third-order valence-corrected chi connectivity index (χ3v) is 3.47. The highest BCUT2D eigenvalue weighted by atomic mass is 79.9. The average molecular weight is 308 g/mol. The largest absolute Gasteiger partial charge is 0.327 e. The molecule has 0 bridgehead atoms. The summed E-state index contributed by atoms with van der Waals surface area (Å²) < 4.78 is 13.9. The van der Waals surface area contributed by atoms with E-state index in [9.17, 15) is 4.39 Å². The fourth-order valence-corrected chi connectivity index (χ4v) is 2.20. The normalized spacial score (nSPS) is 12.4. The minimum absolute atomic E-state index is 0.00738. The Morgan fingerprint density at radius 1 is 1.00 bits per heavy atom. The van der Waals surface area contributed by atoms with E-state index < -0.39 is 0 Å². The lowest BCUT2D eigenvalue weighted by atomic mass is 10.00. The van der Waals surface area contributed by atoms with Gasteiger partial charge in [-0.05, 0) is 52.0 Å². The van der Waals surface area contributed by atoms with Crippen molar-refractivity contribution in [3.8, 4) is 0 Å². The van der Waals surface area contributed by atoms with Crippen LogP contribution < -0.4 is 5.73 Å². The molecule has 0 aliphatic carbocycles. The van der Waals surface area contributed by atoms with Gasteiger partial charge in [0.1, 0.15) is 5.82 Å². The quantitative estimate of drug-likeness (QED) is 0.915. The Morgan fingerprint density at radius 2 is 1.67 bits per heavy atom. The van der Waals surface area contributed by atoms with Gasteiger partial charge < -0.3 is 5.73 Å². The number of halogens is 2. The van der Waals surface area contributed by atoms with Crippen LogP contribution in [0.25, 0.3) is 0 Å². The van der Waals surface area contributed by atoms with Gasteiger partial charge in [0.15, 0.2) is 0 Å². The maximum atomic E-state index is 13.4. The second-order valence-corrected chi connectivity index (χ2v) is 5.26. The molecule has 1 nitrogen and oxygen atoms in total. The molecule has 2 rings (SSSR count). The zero-order chi connectivity index (χ0) is 13.0. The van der Waals surface area contributed by atoms with Crippen molar-refractivity contribution in [2.75, 3.05) is 0 Å². The van der Waals surface area contributed by atoms with Gasteiger partial charge in [-0.25, -0.2) is 4.39 Å². The first-order chi connectivity index (χ1) is 8.65. The fraction of sp³-hybridized carbons (Fsp3) is 0.200. The van der Waals surface area contributed by atoms with E-state index in [-0.39, 0.29) is 11.9 Å². The lowest BCUT2D eigenvalue weighted by Crippen LogP contribution is -2.25. The highest BCUT2D eigenvalue weighted by Crippen LogP contribution is 2.17. The minimum Gasteiger partial charge on any atom is -0.327 e. The number of rotatable bonds is 4. The van der Waals surface area contributed by atoms with Crippen LogP contribution in [-0.4, -0.2) is 6.04 Å². The molecule has 0 fully saturated rings. The van der Waals surface area contributed by atoms with E-state index >= 15 is 0 Å². The van der Waals surface area contributed by atoms with Crippen molar-refractivity contribution < 1.29 is 4.39 Å². The molecule has 2 aromatic carbocycles. The van der Waals surface area contributed by atoms with Crippen LogP contribution in [0.1, 0.15) is 11.1 Å². The fourth-order valence-electron chi connectivity index (χ4n) is 1.96. The SMILES string of the molecule is NC(Cc1ccccc1)Cc1ccc(Br)c(F)c1. The summed E-state index contributed by atoms with van der Waals surface area (Å²) in [6.45, 7) is 0. The van der Waals surface area contributed by atoms with Crippen LogP contribution in [0.3, 0.4) is 0 Å². The van der Waals surface area contributed by atoms with Crippen molar-refractivity contribution in [1.82, 2.24) is 0 Å². The van der Waals surface area contributed by atoms with Gasteiger partial charge in [0.25, 0.3) is 0 Å². The summed E-state index contributed by atoms with van der Waals surface area (Å²) in [7, 11) is 0. The van der Waals surface area contributed by atoms with Crippen molar-refractivity contribution in [3.05, 3.63) is 69.9 Å². The molecule has 18 heavy (non-hydrogen) atoms. The molecule has 0 aromatic heterocycles. The first-order valence-electron chi connectivity index (χ1n) is 5.88. The molecular formula is C15H15BrFN. The number of hydrogen-bond donors (Lipinski definition) is 1. The summed E-state index contributed by atoms with van der Waals surface area (Å²) in [6.07, 6.45) is 1.48. The van der Waals surface area contributed by atoms with Crippen molar-refractivity contribution in [1.29, 1.82) is 0 Å². The summed E-state index contributed by atoms with van der Waals surface area (Å²) in [4.78, 5) is 0. The summed E-state index contributed by atoms with van der Waals surface area (Å²) in [5.41, 5.74) is 8.23. The second kappa shape index (κ2) is 6.12. The highest BCUT2D eigenvalue weighted by Gasteiger charge is 2.07. The summed E-state index contributed by atoms with van der Waals surface area (Å²) in [5.74, 6) is -0.237. The van der Waals surface area contributed by atoms with Gasteiger partial charge in [-0.2, -0.15) is 0 Å². The first kappa shape index (κ1) is 13.2. The van der Waals surface area contributed by atoms with E-state index in [1.54, 1.807) is 6.07 Å². The molecule has 0 radical (unpaired) electrons. The standard InChI is InChI=1S/C15H15BrFN/c16-14-7-6-12(10-15(14)17)9-13(18)8-11-4-2-1-3-5-11/h1-7,10,13H,8-9,18H2. The Labute approximate surface area is 115 Å². The molecule has 0 aliphatic heterocycles. The van der Waals surface area contributed by atoms with Gasteiger partial charge in [0, 0.05) is 6.04 Å². The van der Waals surface area contributed by atoms with Crippen molar-refractivity contribution in [2.45, 2.75) is 18.9 Å². The van der Waals surface area contributed by atoms with Gasteiger partial charge in [0.05, 0.1) is 4.47 Å². The number of benzene rings is 2. The summed E-state index contributed by atoms with van der Waals surface area (Å²) >= 11 is 3.14. The molecule has 2 aromatic rings. The summed E-state index contributed by atoms with van der Waals surface area (Å²) in [5, 5.41) is 0. The van der Waals surface area contributed by atoms with Gasteiger partial charge >= 0.3 is 0 Å². The van der Waals surface area contributed by atoms with Crippen molar-refractivity contribution in [2.24, 2.45) is 5.73 Å². The maximum absolute atomic E-state index is 13.4. The molecular weight excluding hydrogens is 293 g/mol. The van der Waals surface area contributed by atoms with E-state index in [0.717, 1.165) is 12.0 Å². The smallest absolute Gasteiger partial charge is 0.137 e. The third kappa shape index (κ3) is 3.65. The maximum Gasteiger partial charge on any atom is 0.137 e. The van der Waals surface area contributed by atoms with Crippen LogP contribution in [0, 0.1) is 5.82 Å². The number of hydrogen-bond acceptors (Lipinski definition) is 1. The van der Waals surface area contributed by atoms with Gasteiger partial charge in [0.2, 0.25) is 0 Å². The van der Waals surface area contributed by atoms with Crippen LogP contribution in [0.15, 0.2) is 53.0 Å². The van der Waals surface area contributed by atoms with Gasteiger partial charge in [-0.15, -0.1) is 0 Å². The monoisotopic (exact) mass is 307 g/mol. The predicted molar refractivity (Wildman–Crippen MR) is 75.9 cm³/mol. The third-order valence-electron chi connectivity index (χ3n) is 2.82. The van der Waals surface area contributed by atoms with Crippen LogP contribution >= 0.6 is 15.9 Å². The van der Waals surface area contributed by atoms with Gasteiger partial charge in [-0.3, -0.25) is 0 Å². The average Bonchev–Trinajstić information content (AvgIpc) is 2.35. The Balaban J connectivity index is 1.99. The van der Waals surface area contributed by atoms with E-state index in [2.05, 4.69) is 28.1 Å². The molecule has 2 N–H and O–H groups in total. The zero-order valence-corrected chi connectivity index (χ0v) is 11.5. The predicted octanol–water partition coefficient (Wildman–Crippen LogP) is 3.70. The van der Waals surface area contributed by atoms with Crippen LogP contribution in [0.5, 0.6) is 0 Å². The molecule has 0 heterocycles. The zero-order valence-electron chi connectivity index (χ0n) is 9.94. The van der Waals surface area contributed by atoms with E-state index in [1.165, 1.54) is 11.6 Å². The van der Waals surface area contributed by atoms with E-state index in [1.807, 2.05) is 24.3 Å². The van der Waals surface area contributed by atoms with Crippen LogP contribution in [-0.2, 0) is 12.8 Å². The topological polar surface area (TPSA) is 26.0 Å². The number of nitrogens with two attached hydrogens (primary N) is 1. The molecule has 3 heteroatoms. The van der Waals surface area contributed by atoms with E-state index in [4.69, 9.17) is 5.73 Å². The minimum atomic E-state index is -0.237. The Bertz CT molecular complexity index is 513. The Hall–Kier alpha value is -1.19. The lowest BCUT2D eigenvalue weighted by molar-refractivity contribution is 0.612. The molecule has 1 atom stereocenters. The molecule has 0 saturated carbocycles. The summed E-state index contributed by atoms with van der Waals surface area (Å²) in [6, 6.07) is 15.3. The molecule has 0 amide bonds. The first-order valence-corrected chi connectivity index (χ1v) is 6.68. The Kier molecular flexibility index (Phi) is 4.50. The molecule has 0 aliphatic rings. The van der Waals surface area contributed by atoms with Gasteiger partial charge in [-0.1, -0.05) is 36.4 Å². The van der Waals surface area contributed by atoms with Crippen LogP contribution in [0.4, 0.5) is 4.39 Å². The molecule has 0 spiro atoms. The molecule has 94 valence electrons. The van der Waals surface area contributed by atoms with Crippen molar-refractivity contribution >= 4 is 15.9 Å².